The maximum absolute atomic E-state index is 14.2. The fourth-order valence-electron chi connectivity index (χ4n) is 7.49. The molecule has 2 aliphatic rings. The summed E-state index contributed by atoms with van der Waals surface area (Å²) in [6, 6.07) is 15.9. The molecule has 9 nitrogen and oxygen atoms in total. The number of rotatable bonds is 14. The Morgan fingerprint density at radius 2 is 1.43 bits per heavy atom. The predicted molar refractivity (Wildman–Crippen MR) is 190 cm³/mol. The van der Waals surface area contributed by atoms with E-state index in [1.807, 2.05) is 58.9 Å². The maximum Gasteiger partial charge on any atom is 0.407 e. The largest absolute Gasteiger partial charge is 0.460 e. The first-order chi connectivity index (χ1) is 23.0. The number of nitrogens with zero attached hydrogens (tertiary/aromatic N) is 1. The van der Waals surface area contributed by atoms with Crippen LogP contribution in [0.1, 0.15) is 104 Å². The summed E-state index contributed by atoms with van der Waals surface area (Å²) in [4.78, 5) is 55.7. The fraction of sp³-hybridized carbons (Fsp3) is 0.600. The third kappa shape index (κ3) is 9.30. The highest BCUT2D eigenvalue weighted by Crippen LogP contribution is 2.44. The third-order valence-electron chi connectivity index (χ3n) is 10.1. The number of ether oxygens (including phenoxy) is 3. The number of benzene rings is 2. The van der Waals surface area contributed by atoms with Gasteiger partial charge in [0, 0.05) is 32.4 Å². The molecule has 49 heavy (non-hydrogen) atoms. The van der Waals surface area contributed by atoms with E-state index in [4.69, 9.17) is 14.2 Å². The van der Waals surface area contributed by atoms with Crippen molar-refractivity contribution >= 4 is 23.8 Å². The van der Waals surface area contributed by atoms with Crippen LogP contribution in [0.4, 0.5) is 4.79 Å². The normalized spacial score (nSPS) is 16.8. The van der Waals surface area contributed by atoms with Crippen LogP contribution in [0.2, 0.25) is 0 Å². The Balaban J connectivity index is 1.42. The summed E-state index contributed by atoms with van der Waals surface area (Å²) in [6.45, 7) is 12.7. The number of hydrogen-bond acceptors (Lipinski definition) is 7. The maximum atomic E-state index is 14.2. The highest BCUT2D eigenvalue weighted by molar-refractivity contribution is 5.94. The van der Waals surface area contributed by atoms with Crippen LogP contribution in [0.3, 0.4) is 0 Å². The molecule has 0 heterocycles. The van der Waals surface area contributed by atoms with Gasteiger partial charge in [0.25, 0.3) is 0 Å². The Bertz CT molecular complexity index is 1440. The number of likely N-dealkylation sites (N-methyl/N-ethyl adjacent to an activating group) is 1. The van der Waals surface area contributed by atoms with Crippen LogP contribution in [0.5, 0.6) is 0 Å². The Morgan fingerprint density at radius 1 is 0.878 bits per heavy atom. The summed E-state index contributed by atoms with van der Waals surface area (Å²) in [6.07, 6.45) is 2.69. The van der Waals surface area contributed by atoms with Gasteiger partial charge in [-0.2, -0.15) is 0 Å². The number of ketones is 1. The second-order valence-electron chi connectivity index (χ2n) is 15.6. The SMILES string of the molecule is CO[C@H](CC(=O)OC(C)(C)C)[C@H](C1CCCC1)N(C)C(=O)[C@@H](CC(=O)C(C)(C)NC(=O)OCC1c2ccccc2-c2ccccc21)C(C)C. The number of fused-ring (bicyclic) bond motifs is 3. The predicted octanol–water partition coefficient (Wildman–Crippen LogP) is 7.30. The summed E-state index contributed by atoms with van der Waals surface area (Å²) < 4.78 is 17.2. The third-order valence-corrected chi connectivity index (χ3v) is 10.1. The van der Waals surface area contributed by atoms with E-state index < -0.39 is 29.3 Å². The lowest BCUT2D eigenvalue weighted by molar-refractivity contribution is -0.161. The number of amides is 2. The van der Waals surface area contributed by atoms with E-state index in [1.54, 1.807) is 32.9 Å². The topological polar surface area (TPSA) is 111 Å². The molecule has 0 radical (unpaired) electrons. The Kier molecular flexibility index (Phi) is 12.3. The van der Waals surface area contributed by atoms with E-state index in [1.165, 1.54) is 0 Å². The van der Waals surface area contributed by atoms with Crippen LogP contribution in [0.25, 0.3) is 11.1 Å². The number of carbonyl (C=O) groups excluding carboxylic acids is 4. The van der Waals surface area contributed by atoms with Gasteiger partial charge >= 0.3 is 12.1 Å². The molecule has 3 atom stereocenters. The molecular formula is C40H56N2O7. The molecule has 0 unspecified atom stereocenters. The molecule has 1 fully saturated rings. The van der Waals surface area contributed by atoms with Gasteiger partial charge in [-0.15, -0.1) is 0 Å². The number of methoxy groups -OCH3 is 1. The van der Waals surface area contributed by atoms with Gasteiger partial charge in [0.15, 0.2) is 5.78 Å². The van der Waals surface area contributed by atoms with Gasteiger partial charge in [-0.3, -0.25) is 14.4 Å². The van der Waals surface area contributed by atoms with Gasteiger partial charge in [-0.1, -0.05) is 75.2 Å². The van der Waals surface area contributed by atoms with E-state index in [9.17, 15) is 19.2 Å². The van der Waals surface area contributed by atoms with Gasteiger partial charge in [0.2, 0.25) is 5.91 Å². The highest BCUT2D eigenvalue weighted by Gasteiger charge is 2.42. The molecule has 0 spiro atoms. The molecule has 268 valence electrons. The smallest absolute Gasteiger partial charge is 0.407 e. The van der Waals surface area contributed by atoms with E-state index in [2.05, 4.69) is 29.6 Å². The van der Waals surface area contributed by atoms with Crippen molar-refractivity contribution in [2.24, 2.45) is 17.8 Å². The van der Waals surface area contributed by atoms with Crippen LogP contribution in [-0.4, -0.2) is 72.7 Å². The van der Waals surface area contributed by atoms with Crippen molar-refractivity contribution in [3.8, 4) is 11.1 Å². The highest BCUT2D eigenvalue weighted by atomic mass is 16.6. The van der Waals surface area contributed by atoms with Crippen LogP contribution >= 0.6 is 0 Å². The first kappa shape index (κ1) is 38.1. The molecule has 0 aliphatic heterocycles. The van der Waals surface area contributed by atoms with Crippen LogP contribution in [-0.2, 0) is 28.6 Å². The lowest BCUT2D eigenvalue weighted by Gasteiger charge is -2.40. The van der Waals surface area contributed by atoms with E-state index in [0.29, 0.717) is 0 Å². The fourth-order valence-corrected chi connectivity index (χ4v) is 7.49. The van der Waals surface area contributed by atoms with Crippen LogP contribution in [0, 0.1) is 17.8 Å². The van der Waals surface area contributed by atoms with E-state index >= 15 is 0 Å². The van der Waals surface area contributed by atoms with Gasteiger partial charge in [-0.05, 0) is 81.5 Å². The molecular weight excluding hydrogens is 620 g/mol. The molecule has 1 N–H and O–H groups in total. The van der Waals surface area contributed by atoms with Crippen molar-refractivity contribution in [3.05, 3.63) is 59.7 Å². The molecule has 2 aromatic carbocycles. The van der Waals surface area contributed by atoms with Gasteiger partial charge in [0.1, 0.15) is 12.2 Å². The van der Waals surface area contributed by atoms with Crippen molar-refractivity contribution in [3.63, 3.8) is 0 Å². The molecule has 1 saturated carbocycles. The first-order valence-corrected chi connectivity index (χ1v) is 17.7. The van der Waals surface area contributed by atoms with Crippen molar-refractivity contribution < 1.29 is 33.4 Å². The van der Waals surface area contributed by atoms with Gasteiger partial charge in [-0.25, -0.2) is 4.79 Å². The van der Waals surface area contributed by atoms with Crippen molar-refractivity contribution in [2.45, 2.75) is 116 Å². The number of hydrogen-bond donors (Lipinski definition) is 1. The zero-order valence-corrected chi connectivity index (χ0v) is 30.8. The molecule has 0 saturated heterocycles. The molecule has 9 heteroatoms. The standard InChI is InChI=1S/C40H56N2O7/c1-25(2)31(37(45)42(8)36(26-16-10-11-17-26)33(47-9)23-35(44)49-39(3,4)5)22-34(43)40(6,7)41-38(46)48-24-32-29-20-14-12-18-27(29)28-19-13-15-21-30(28)32/h12-15,18-21,25-26,31-33,36H,10-11,16-17,22-24H2,1-9H3,(H,41,46)/t31-,33+,36-/m0/s1. The molecule has 4 rings (SSSR count). The average Bonchev–Trinajstić information content (AvgIpc) is 3.67. The first-order valence-electron chi connectivity index (χ1n) is 17.7. The minimum atomic E-state index is -1.27. The second kappa shape index (κ2) is 15.9. The summed E-state index contributed by atoms with van der Waals surface area (Å²) >= 11 is 0. The molecule has 2 aromatic rings. The number of Topliss-reactive ketones (excluding diaryl/α,β-unsaturated/α-hetero) is 1. The lowest BCUT2D eigenvalue weighted by Crippen LogP contribution is -2.54. The Morgan fingerprint density at radius 3 is 1.94 bits per heavy atom. The Labute approximate surface area is 292 Å². The molecule has 2 amide bonds. The summed E-state index contributed by atoms with van der Waals surface area (Å²) in [5, 5.41) is 2.77. The van der Waals surface area contributed by atoms with Crippen LogP contribution < -0.4 is 5.32 Å². The number of esters is 1. The van der Waals surface area contributed by atoms with Gasteiger partial charge in [0.05, 0.1) is 24.1 Å². The zero-order valence-electron chi connectivity index (χ0n) is 30.8. The van der Waals surface area contributed by atoms with Gasteiger partial charge < -0.3 is 24.4 Å². The zero-order chi connectivity index (χ0) is 36.1. The lowest BCUT2D eigenvalue weighted by atomic mass is 9.83. The number of carbonyl (C=O) groups is 4. The van der Waals surface area contributed by atoms with Crippen molar-refractivity contribution in [1.82, 2.24) is 10.2 Å². The minimum Gasteiger partial charge on any atom is -0.460 e. The summed E-state index contributed by atoms with van der Waals surface area (Å²) in [7, 11) is 3.32. The number of nitrogens with one attached hydrogen (secondary N) is 1. The molecule has 2 aliphatic carbocycles. The molecule has 0 aromatic heterocycles. The minimum absolute atomic E-state index is 0.0227. The quantitative estimate of drug-likeness (QED) is 0.209. The monoisotopic (exact) mass is 676 g/mol. The summed E-state index contributed by atoms with van der Waals surface area (Å²) in [5.41, 5.74) is 2.57. The van der Waals surface area contributed by atoms with E-state index in [-0.39, 0.29) is 60.9 Å². The van der Waals surface area contributed by atoms with Crippen LogP contribution in [0.15, 0.2) is 48.5 Å². The average molecular weight is 677 g/mol. The van der Waals surface area contributed by atoms with E-state index in [0.717, 1.165) is 47.9 Å². The van der Waals surface area contributed by atoms with Crippen molar-refractivity contribution in [1.29, 1.82) is 0 Å². The summed E-state index contributed by atoms with van der Waals surface area (Å²) in [5.74, 6) is -1.55. The Hall–Kier alpha value is -3.72. The second-order valence-corrected chi connectivity index (χ2v) is 15.6. The molecule has 0 bridgehead atoms. The van der Waals surface area contributed by atoms with Crippen molar-refractivity contribution in [2.75, 3.05) is 20.8 Å². The number of alkyl carbamates (subject to hydrolysis) is 1.